The van der Waals surface area contributed by atoms with E-state index < -0.39 is 29.9 Å². The number of carboxylic acids is 1. The summed E-state index contributed by atoms with van der Waals surface area (Å²) in [5.74, 6) is -2.57. The van der Waals surface area contributed by atoms with Crippen molar-refractivity contribution >= 4 is 11.9 Å². The van der Waals surface area contributed by atoms with Crippen LogP contribution in [0.2, 0.25) is 0 Å². The van der Waals surface area contributed by atoms with Crippen LogP contribution in [-0.4, -0.2) is 38.2 Å². The zero-order valence-electron chi connectivity index (χ0n) is 12.4. The monoisotopic (exact) mass is 296 g/mol. The molecule has 2 unspecified atom stereocenters. The number of aliphatic carboxylic acids is 1. The summed E-state index contributed by atoms with van der Waals surface area (Å²) in [5.41, 5.74) is 0.767. The smallest absolute Gasteiger partial charge is 0.329 e. The molecule has 0 radical (unpaired) electrons. The van der Waals surface area contributed by atoms with Crippen LogP contribution in [0.25, 0.3) is 0 Å². The van der Waals surface area contributed by atoms with Gasteiger partial charge in [-0.2, -0.15) is 0 Å². The van der Waals surface area contributed by atoms with E-state index in [-0.39, 0.29) is 17.0 Å². The van der Waals surface area contributed by atoms with Gasteiger partial charge in [0, 0.05) is 17.7 Å². The van der Waals surface area contributed by atoms with Crippen LogP contribution in [-0.2, 0) is 9.59 Å². The Morgan fingerprint density at radius 2 is 1.86 bits per heavy atom. The average Bonchev–Trinajstić information content (AvgIpc) is 2.39. The number of rotatable bonds is 5. The number of aryl methyl sites for hydroxylation is 2. The molecule has 0 aromatic carbocycles. The van der Waals surface area contributed by atoms with Crippen LogP contribution in [0.5, 0.6) is 5.75 Å². The third kappa shape index (κ3) is 3.69. The molecule has 1 rings (SSSR count). The van der Waals surface area contributed by atoms with E-state index in [2.05, 4.69) is 10.3 Å². The van der Waals surface area contributed by atoms with Gasteiger partial charge in [-0.25, -0.2) is 4.79 Å². The Balaban J connectivity index is 3.19. The summed E-state index contributed by atoms with van der Waals surface area (Å²) in [6.45, 7) is 6.35. The summed E-state index contributed by atoms with van der Waals surface area (Å²) < 4.78 is 0. The number of aromatic nitrogens is 1. The molecule has 2 atom stereocenters. The Morgan fingerprint density at radius 1 is 1.29 bits per heavy atom. The number of carbonyl (C=O) groups excluding carboxylic acids is 1. The van der Waals surface area contributed by atoms with Crippen molar-refractivity contribution in [3.05, 3.63) is 23.0 Å². The molecular weight excluding hydrogens is 276 g/mol. The maximum atomic E-state index is 11.7. The minimum Gasteiger partial charge on any atom is -0.506 e. The number of aromatic hydroxyl groups is 1. The third-order valence-electron chi connectivity index (χ3n) is 3.17. The standard InChI is InChI=1S/C14H20N2O5/c1-6(2)13(19)16-10(14(20)21)12(18)9-7(3)5-15-8(4)11(9)17/h5-6,10,12,17-18H,1-4H3,(H,16,19)(H,20,21). The van der Waals surface area contributed by atoms with Crippen molar-refractivity contribution in [2.75, 3.05) is 0 Å². The lowest BCUT2D eigenvalue weighted by molar-refractivity contribution is -0.145. The molecule has 1 amide bonds. The lowest BCUT2D eigenvalue weighted by atomic mass is 9.97. The van der Waals surface area contributed by atoms with Crippen molar-refractivity contribution in [3.8, 4) is 5.75 Å². The molecule has 0 fully saturated rings. The van der Waals surface area contributed by atoms with Crippen LogP contribution in [0.1, 0.15) is 36.8 Å². The fourth-order valence-electron chi connectivity index (χ4n) is 1.84. The Morgan fingerprint density at radius 3 is 2.33 bits per heavy atom. The second kappa shape index (κ2) is 6.53. The Bertz CT molecular complexity index is 557. The molecule has 0 aliphatic rings. The highest BCUT2D eigenvalue weighted by atomic mass is 16.4. The topological polar surface area (TPSA) is 120 Å². The number of hydrogen-bond donors (Lipinski definition) is 4. The van der Waals surface area contributed by atoms with Gasteiger partial charge in [-0.3, -0.25) is 9.78 Å². The van der Waals surface area contributed by atoms with Crippen molar-refractivity contribution in [1.29, 1.82) is 0 Å². The van der Waals surface area contributed by atoms with Gasteiger partial charge in [-0.05, 0) is 19.4 Å². The van der Waals surface area contributed by atoms with Gasteiger partial charge in [0.2, 0.25) is 5.91 Å². The van der Waals surface area contributed by atoms with Gasteiger partial charge in [-0.15, -0.1) is 0 Å². The minimum absolute atomic E-state index is 0.0546. The van der Waals surface area contributed by atoms with Crippen LogP contribution in [0.15, 0.2) is 6.20 Å². The number of aliphatic hydroxyl groups is 1. The molecule has 116 valence electrons. The second-order valence-electron chi connectivity index (χ2n) is 5.21. The van der Waals surface area contributed by atoms with Crippen molar-refractivity contribution in [1.82, 2.24) is 10.3 Å². The number of amides is 1. The Labute approximate surface area is 122 Å². The fraction of sp³-hybridized carbons (Fsp3) is 0.500. The normalized spacial score (nSPS) is 13.8. The minimum atomic E-state index is -1.58. The molecule has 0 aliphatic heterocycles. The van der Waals surface area contributed by atoms with E-state index in [1.54, 1.807) is 20.8 Å². The van der Waals surface area contributed by atoms with Crippen molar-refractivity contribution in [2.45, 2.75) is 39.8 Å². The molecule has 7 nitrogen and oxygen atoms in total. The lowest BCUT2D eigenvalue weighted by Crippen LogP contribution is -2.46. The van der Waals surface area contributed by atoms with Gasteiger partial charge in [-0.1, -0.05) is 13.8 Å². The predicted octanol–water partition coefficient (Wildman–Crippen LogP) is 0.663. The number of hydrogen-bond acceptors (Lipinski definition) is 5. The van der Waals surface area contributed by atoms with E-state index in [1.807, 2.05) is 0 Å². The maximum absolute atomic E-state index is 11.7. The number of nitrogens with zero attached hydrogens (tertiary/aromatic N) is 1. The van der Waals surface area contributed by atoms with Gasteiger partial charge < -0.3 is 20.6 Å². The van der Waals surface area contributed by atoms with Gasteiger partial charge in [0.05, 0.1) is 5.69 Å². The molecule has 21 heavy (non-hydrogen) atoms. The summed E-state index contributed by atoms with van der Waals surface area (Å²) in [6, 6.07) is -1.55. The Hall–Kier alpha value is -2.15. The first-order valence-corrected chi connectivity index (χ1v) is 6.53. The first-order chi connectivity index (χ1) is 9.66. The SMILES string of the molecule is Cc1cnc(C)c(O)c1C(O)C(NC(=O)C(C)C)C(=O)O. The highest BCUT2D eigenvalue weighted by molar-refractivity contribution is 5.85. The van der Waals surface area contributed by atoms with E-state index in [0.29, 0.717) is 5.56 Å². The van der Waals surface area contributed by atoms with Gasteiger partial charge in [0.15, 0.2) is 6.04 Å². The van der Waals surface area contributed by atoms with E-state index in [4.69, 9.17) is 0 Å². The molecule has 0 spiro atoms. The predicted molar refractivity (Wildman–Crippen MR) is 74.7 cm³/mol. The first kappa shape index (κ1) is 16.9. The summed E-state index contributed by atoms with van der Waals surface area (Å²) >= 11 is 0. The quantitative estimate of drug-likeness (QED) is 0.633. The zero-order chi connectivity index (χ0) is 16.3. The third-order valence-corrected chi connectivity index (χ3v) is 3.17. The van der Waals surface area contributed by atoms with E-state index in [1.165, 1.54) is 13.1 Å². The largest absolute Gasteiger partial charge is 0.506 e. The van der Waals surface area contributed by atoms with Crippen LogP contribution < -0.4 is 5.32 Å². The lowest BCUT2D eigenvalue weighted by Gasteiger charge is -2.24. The van der Waals surface area contributed by atoms with Crippen molar-refractivity contribution in [3.63, 3.8) is 0 Å². The fourth-order valence-corrected chi connectivity index (χ4v) is 1.84. The molecule has 1 heterocycles. The van der Waals surface area contributed by atoms with Crippen LogP contribution in [0, 0.1) is 19.8 Å². The number of nitrogens with one attached hydrogen (secondary N) is 1. The number of carboxylic acid groups (broad SMARTS) is 1. The molecule has 7 heteroatoms. The van der Waals surface area contributed by atoms with Crippen molar-refractivity contribution < 1.29 is 24.9 Å². The van der Waals surface area contributed by atoms with Gasteiger partial charge in [0.1, 0.15) is 11.9 Å². The maximum Gasteiger partial charge on any atom is 0.329 e. The van der Waals surface area contributed by atoms with Crippen LogP contribution in [0.3, 0.4) is 0 Å². The second-order valence-corrected chi connectivity index (χ2v) is 5.21. The molecule has 1 aromatic heterocycles. The molecule has 0 bridgehead atoms. The Kier molecular flexibility index (Phi) is 5.26. The van der Waals surface area contributed by atoms with E-state index in [0.717, 1.165) is 0 Å². The molecule has 0 aliphatic carbocycles. The highest BCUT2D eigenvalue weighted by Crippen LogP contribution is 2.31. The summed E-state index contributed by atoms with van der Waals surface area (Å²) in [4.78, 5) is 26.9. The number of carbonyl (C=O) groups is 2. The molecular formula is C14H20N2O5. The molecule has 0 saturated carbocycles. The number of pyridine rings is 1. The van der Waals surface area contributed by atoms with Crippen LogP contribution in [0.4, 0.5) is 0 Å². The van der Waals surface area contributed by atoms with E-state index >= 15 is 0 Å². The summed E-state index contributed by atoms with van der Waals surface area (Å²) in [7, 11) is 0. The summed E-state index contributed by atoms with van der Waals surface area (Å²) in [5, 5.41) is 31.8. The van der Waals surface area contributed by atoms with Gasteiger partial charge in [0.25, 0.3) is 0 Å². The first-order valence-electron chi connectivity index (χ1n) is 6.53. The summed E-state index contributed by atoms with van der Waals surface area (Å²) in [6.07, 6.45) is -0.150. The molecule has 1 aromatic rings. The highest BCUT2D eigenvalue weighted by Gasteiger charge is 2.33. The number of aliphatic hydroxyl groups excluding tert-OH is 1. The van der Waals surface area contributed by atoms with Crippen LogP contribution >= 0.6 is 0 Å². The van der Waals surface area contributed by atoms with E-state index in [9.17, 15) is 24.9 Å². The molecule has 0 saturated heterocycles. The van der Waals surface area contributed by atoms with Crippen molar-refractivity contribution in [2.24, 2.45) is 5.92 Å². The average molecular weight is 296 g/mol. The van der Waals surface area contributed by atoms with Gasteiger partial charge >= 0.3 is 5.97 Å². The zero-order valence-corrected chi connectivity index (χ0v) is 12.4. The molecule has 4 N–H and O–H groups in total.